The van der Waals surface area contributed by atoms with Crippen LogP contribution in [0, 0.1) is 0 Å². The van der Waals surface area contributed by atoms with Gasteiger partial charge >= 0.3 is 0 Å². The SMILES string of the molecule is CCc1ccc(OC)c(C2NCCc3cc(OC)c(OCCCN(C)C)cc32)c1. The molecule has 0 radical (unpaired) electrons. The van der Waals surface area contributed by atoms with Gasteiger partial charge in [0.1, 0.15) is 5.75 Å². The van der Waals surface area contributed by atoms with E-state index in [0.29, 0.717) is 6.61 Å². The van der Waals surface area contributed by atoms with Crippen LogP contribution < -0.4 is 19.5 Å². The Morgan fingerprint density at radius 1 is 1.00 bits per heavy atom. The standard InChI is InChI=1S/C24H34N2O3/c1-6-17-8-9-21(27-4)20(14-17)24-19-16-23(29-13-7-12-26(2)3)22(28-5)15-18(19)10-11-25-24/h8-9,14-16,24-25H,6-7,10-13H2,1-5H3. The van der Waals surface area contributed by atoms with E-state index in [2.05, 4.69) is 61.6 Å². The van der Waals surface area contributed by atoms with E-state index in [1.807, 2.05) is 0 Å². The number of nitrogens with one attached hydrogen (secondary N) is 1. The van der Waals surface area contributed by atoms with Crippen molar-refractivity contribution in [1.29, 1.82) is 0 Å². The highest BCUT2D eigenvalue weighted by atomic mass is 16.5. The zero-order valence-corrected chi connectivity index (χ0v) is 18.4. The van der Waals surface area contributed by atoms with E-state index >= 15 is 0 Å². The Hall–Kier alpha value is -2.24. The number of benzene rings is 2. The quantitative estimate of drug-likeness (QED) is 0.650. The van der Waals surface area contributed by atoms with Gasteiger partial charge in [0, 0.05) is 18.7 Å². The zero-order chi connectivity index (χ0) is 20.8. The number of fused-ring (bicyclic) bond motifs is 1. The van der Waals surface area contributed by atoms with Crippen molar-refractivity contribution >= 4 is 0 Å². The summed E-state index contributed by atoms with van der Waals surface area (Å²) in [5.41, 5.74) is 5.03. The number of nitrogens with zero attached hydrogens (tertiary/aromatic N) is 1. The second-order valence-electron chi connectivity index (χ2n) is 7.77. The Bertz CT molecular complexity index is 820. The van der Waals surface area contributed by atoms with Crippen molar-refractivity contribution in [2.24, 2.45) is 0 Å². The molecule has 0 bridgehead atoms. The highest BCUT2D eigenvalue weighted by molar-refractivity contribution is 5.54. The molecule has 5 heteroatoms. The normalized spacial score (nSPS) is 15.9. The summed E-state index contributed by atoms with van der Waals surface area (Å²) in [7, 11) is 7.60. The van der Waals surface area contributed by atoms with Crippen LogP contribution in [0.1, 0.15) is 41.6 Å². The van der Waals surface area contributed by atoms with Crippen molar-refractivity contribution in [3.05, 3.63) is 52.6 Å². The molecular formula is C24H34N2O3. The van der Waals surface area contributed by atoms with Crippen molar-refractivity contribution in [3.8, 4) is 17.2 Å². The molecule has 5 nitrogen and oxygen atoms in total. The van der Waals surface area contributed by atoms with Gasteiger partial charge in [0.25, 0.3) is 0 Å². The van der Waals surface area contributed by atoms with Gasteiger partial charge in [-0.2, -0.15) is 0 Å². The summed E-state index contributed by atoms with van der Waals surface area (Å²) >= 11 is 0. The Kier molecular flexibility index (Phi) is 7.40. The molecular weight excluding hydrogens is 364 g/mol. The first-order valence-electron chi connectivity index (χ1n) is 10.5. The molecule has 1 aliphatic heterocycles. The second-order valence-corrected chi connectivity index (χ2v) is 7.77. The minimum Gasteiger partial charge on any atom is -0.496 e. The van der Waals surface area contributed by atoms with E-state index in [1.54, 1.807) is 14.2 Å². The van der Waals surface area contributed by atoms with Crippen LogP contribution in [-0.2, 0) is 12.8 Å². The number of hydrogen-bond acceptors (Lipinski definition) is 5. The third-order valence-corrected chi connectivity index (χ3v) is 5.50. The maximum absolute atomic E-state index is 6.12. The molecule has 0 spiro atoms. The third-order valence-electron chi connectivity index (χ3n) is 5.50. The minimum absolute atomic E-state index is 0.0789. The smallest absolute Gasteiger partial charge is 0.161 e. The Morgan fingerprint density at radius 3 is 2.48 bits per heavy atom. The van der Waals surface area contributed by atoms with E-state index in [4.69, 9.17) is 14.2 Å². The summed E-state index contributed by atoms with van der Waals surface area (Å²) < 4.78 is 17.4. The van der Waals surface area contributed by atoms with Crippen LogP contribution in [-0.4, -0.2) is 52.9 Å². The van der Waals surface area contributed by atoms with Gasteiger partial charge in [0.05, 0.1) is 26.9 Å². The highest BCUT2D eigenvalue weighted by Crippen LogP contribution is 2.40. The number of rotatable bonds is 9. The molecule has 1 N–H and O–H groups in total. The van der Waals surface area contributed by atoms with Crippen LogP contribution in [0.25, 0.3) is 0 Å². The van der Waals surface area contributed by atoms with Crippen LogP contribution in [0.2, 0.25) is 0 Å². The van der Waals surface area contributed by atoms with Crippen LogP contribution >= 0.6 is 0 Å². The first kappa shape index (κ1) is 21.5. The minimum atomic E-state index is 0.0789. The lowest BCUT2D eigenvalue weighted by molar-refractivity contribution is 0.267. The van der Waals surface area contributed by atoms with Gasteiger partial charge in [-0.1, -0.05) is 19.1 Å². The van der Waals surface area contributed by atoms with Crippen molar-refractivity contribution in [2.45, 2.75) is 32.2 Å². The van der Waals surface area contributed by atoms with E-state index in [-0.39, 0.29) is 6.04 Å². The van der Waals surface area contributed by atoms with Crippen LogP contribution in [0.5, 0.6) is 17.2 Å². The topological polar surface area (TPSA) is 43.0 Å². The van der Waals surface area contributed by atoms with E-state index in [1.165, 1.54) is 22.3 Å². The molecule has 29 heavy (non-hydrogen) atoms. The molecule has 158 valence electrons. The van der Waals surface area contributed by atoms with Crippen molar-refractivity contribution in [2.75, 3.05) is 48.0 Å². The van der Waals surface area contributed by atoms with Gasteiger partial charge in [-0.3, -0.25) is 0 Å². The third kappa shape index (κ3) is 5.03. The van der Waals surface area contributed by atoms with Gasteiger partial charge in [0.15, 0.2) is 11.5 Å². The molecule has 0 amide bonds. The van der Waals surface area contributed by atoms with Gasteiger partial charge in [0.2, 0.25) is 0 Å². The Labute approximate surface area is 175 Å². The number of methoxy groups -OCH3 is 2. The maximum Gasteiger partial charge on any atom is 0.161 e. The average molecular weight is 399 g/mol. The molecule has 2 aromatic rings. The summed E-state index contributed by atoms with van der Waals surface area (Å²) in [4.78, 5) is 2.17. The van der Waals surface area contributed by atoms with Gasteiger partial charge in [-0.25, -0.2) is 0 Å². The van der Waals surface area contributed by atoms with Crippen LogP contribution in [0.4, 0.5) is 0 Å². The highest BCUT2D eigenvalue weighted by Gasteiger charge is 2.26. The molecule has 1 atom stereocenters. The van der Waals surface area contributed by atoms with E-state index < -0.39 is 0 Å². The average Bonchev–Trinajstić information content (AvgIpc) is 2.75. The van der Waals surface area contributed by atoms with Crippen molar-refractivity contribution in [3.63, 3.8) is 0 Å². The molecule has 0 aliphatic carbocycles. The fourth-order valence-electron chi connectivity index (χ4n) is 3.91. The van der Waals surface area contributed by atoms with E-state index in [9.17, 15) is 0 Å². The van der Waals surface area contributed by atoms with Crippen molar-refractivity contribution < 1.29 is 14.2 Å². The number of hydrogen-bond donors (Lipinski definition) is 1. The Morgan fingerprint density at radius 2 is 1.79 bits per heavy atom. The molecule has 1 aliphatic rings. The number of aryl methyl sites for hydroxylation is 1. The first-order chi connectivity index (χ1) is 14.1. The fraction of sp³-hybridized carbons (Fsp3) is 0.500. The van der Waals surface area contributed by atoms with Gasteiger partial charge in [-0.15, -0.1) is 0 Å². The van der Waals surface area contributed by atoms with E-state index in [0.717, 1.165) is 49.6 Å². The molecule has 0 saturated carbocycles. The van der Waals surface area contributed by atoms with Crippen molar-refractivity contribution in [1.82, 2.24) is 10.2 Å². The maximum atomic E-state index is 6.12. The monoisotopic (exact) mass is 398 g/mol. The first-order valence-corrected chi connectivity index (χ1v) is 10.5. The van der Waals surface area contributed by atoms with Gasteiger partial charge < -0.3 is 24.4 Å². The largest absolute Gasteiger partial charge is 0.496 e. The summed E-state index contributed by atoms with van der Waals surface area (Å²) in [6.07, 6.45) is 2.94. The fourth-order valence-corrected chi connectivity index (χ4v) is 3.91. The lowest BCUT2D eigenvalue weighted by Crippen LogP contribution is -2.31. The summed E-state index contributed by atoms with van der Waals surface area (Å²) in [6, 6.07) is 10.8. The predicted molar refractivity (Wildman–Crippen MR) is 118 cm³/mol. The molecule has 0 aromatic heterocycles. The lowest BCUT2D eigenvalue weighted by Gasteiger charge is -2.30. The summed E-state index contributed by atoms with van der Waals surface area (Å²) in [6.45, 7) is 4.76. The number of ether oxygens (including phenoxy) is 3. The summed E-state index contributed by atoms with van der Waals surface area (Å²) in [5, 5.41) is 3.68. The molecule has 0 saturated heterocycles. The Balaban J connectivity index is 1.94. The molecule has 1 unspecified atom stereocenters. The lowest BCUT2D eigenvalue weighted by atomic mass is 9.88. The van der Waals surface area contributed by atoms with Crippen LogP contribution in [0.15, 0.2) is 30.3 Å². The van der Waals surface area contributed by atoms with Gasteiger partial charge in [-0.05, 0) is 68.2 Å². The molecule has 3 rings (SSSR count). The summed E-state index contributed by atoms with van der Waals surface area (Å²) in [5.74, 6) is 2.53. The molecule has 1 heterocycles. The molecule has 2 aromatic carbocycles. The second kappa shape index (κ2) is 9.99. The zero-order valence-electron chi connectivity index (χ0n) is 18.4. The molecule has 0 fully saturated rings. The predicted octanol–water partition coefficient (Wildman–Crippen LogP) is 3.83. The van der Waals surface area contributed by atoms with Crippen LogP contribution in [0.3, 0.4) is 0 Å².